The molecule has 0 aliphatic carbocycles. The molecule has 0 saturated carbocycles. The summed E-state index contributed by atoms with van der Waals surface area (Å²) in [7, 11) is 0. The predicted octanol–water partition coefficient (Wildman–Crippen LogP) is 2.69. The zero-order valence-electron chi connectivity index (χ0n) is 8.27. The first-order valence-corrected chi connectivity index (χ1v) is 4.79. The van der Waals surface area contributed by atoms with Crippen molar-refractivity contribution in [2.45, 2.75) is 6.92 Å². The molecule has 0 unspecified atom stereocenters. The highest BCUT2D eigenvalue weighted by atomic mass is 16.5. The summed E-state index contributed by atoms with van der Waals surface area (Å²) in [6.07, 6.45) is 3.38. The molecule has 3 aromatic rings. The van der Waals surface area contributed by atoms with Crippen LogP contribution in [-0.2, 0) is 5.21 Å². The van der Waals surface area contributed by atoms with E-state index in [2.05, 4.69) is 4.98 Å². The van der Waals surface area contributed by atoms with Gasteiger partial charge < -0.3 is 0 Å². The number of fused-ring (bicyclic) bond motifs is 3. The van der Waals surface area contributed by atoms with Gasteiger partial charge in [-0.1, -0.05) is 11.6 Å². The van der Waals surface area contributed by atoms with Gasteiger partial charge >= 0.3 is 0 Å². The van der Waals surface area contributed by atoms with Gasteiger partial charge in [-0.25, -0.2) is 0 Å². The van der Waals surface area contributed by atoms with E-state index in [1.807, 2.05) is 25.1 Å². The monoisotopic (exact) mass is 197 g/mol. The summed E-state index contributed by atoms with van der Waals surface area (Å²) < 4.78 is 0.964. The predicted molar refractivity (Wildman–Crippen MR) is 58.1 cm³/mol. The molecule has 0 saturated heterocycles. The van der Waals surface area contributed by atoms with Crippen molar-refractivity contribution in [1.29, 1.82) is 0 Å². The topological polar surface area (TPSA) is 37.7 Å². The highest BCUT2D eigenvalue weighted by Gasteiger charge is 2.10. The van der Waals surface area contributed by atoms with E-state index in [-0.39, 0.29) is 0 Å². The molecule has 3 heteroatoms. The molecule has 0 N–H and O–H groups in total. The van der Waals surface area contributed by atoms with Gasteiger partial charge in [0, 0.05) is 23.2 Å². The lowest BCUT2D eigenvalue weighted by atomic mass is 10.1. The normalized spacial score (nSPS) is 11.3. The van der Waals surface area contributed by atoms with Crippen molar-refractivity contribution in [3.05, 3.63) is 42.2 Å². The number of aryl methyl sites for hydroxylation is 1. The molecule has 0 atom stereocenters. The molecular formula is C12H9N2O. The maximum absolute atomic E-state index is 11.9. The number of rotatable bonds is 0. The number of nitrogens with zero attached hydrogens (tertiary/aromatic N) is 2. The minimum Gasteiger partial charge on any atom is -0.264 e. The first-order chi connectivity index (χ1) is 7.27. The Morgan fingerprint density at radius 1 is 1.13 bits per heavy atom. The van der Waals surface area contributed by atoms with Crippen LogP contribution < -0.4 is 0 Å². The number of hydrogen-bond acceptors (Lipinski definition) is 1. The highest BCUT2D eigenvalue weighted by Crippen LogP contribution is 2.27. The molecule has 73 valence electrons. The molecule has 2 heterocycles. The quantitative estimate of drug-likeness (QED) is 0.546. The molecule has 0 aliphatic rings. The van der Waals surface area contributed by atoms with Crippen LogP contribution in [0.15, 0.2) is 36.7 Å². The van der Waals surface area contributed by atoms with Crippen molar-refractivity contribution >= 4 is 21.8 Å². The fourth-order valence-corrected chi connectivity index (χ4v) is 1.94. The number of hydrogen-bond donors (Lipinski definition) is 0. The van der Waals surface area contributed by atoms with E-state index in [9.17, 15) is 5.21 Å². The third-order valence-corrected chi connectivity index (χ3v) is 2.68. The van der Waals surface area contributed by atoms with Gasteiger partial charge in [0.05, 0.1) is 11.0 Å². The summed E-state index contributed by atoms with van der Waals surface area (Å²) in [6, 6.07) is 7.58. The van der Waals surface area contributed by atoms with E-state index >= 15 is 0 Å². The van der Waals surface area contributed by atoms with Gasteiger partial charge in [0.1, 0.15) is 0 Å². The lowest BCUT2D eigenvalue weighted by molar-refractivity contribution is 0.114. The fraction of sp³-hybridized carbons (Fsp3) is 0.0833. The molecular weight excluding hydrogens is 188 g/mol. The average molecular weight is 197 g/mol. The van der Waals surface area contributed by atoms with Crippen molar-refractivity contribution in [2.24, 2.45) is 0 Å². The minimum atomic E-state index is 0.686. The largest absolute Gasteiger partial charge is 0.264 e. The van der Waals surface area contributed by atoms with Crippen LogP contribution in [0, 0.1) is 6.92 Å². The van der Waals surface area contributed by atoms with Crippen molar-refractivity contribution in [1.82, 2.24) is 9.71 Å². The van der Waals surface area contributed by atoms with E-state index in [0.717, 1.165) is 21.1 Å². The Morgan fingerprint density at radius 2 is 1.93 bits per heavy atom. The Kier molecular flexibility index (Phi) is 1.51. The zero-order valence-corrected chi connectivity index (χ0v) is 8.27. The second-order valence-electron chi connectivity index (χ2n) is 3.71. The second-order valence-corrected chi connectivity index (χ2v) is 3.71. The number of pyridine rings is 1. The molecule has 0 bridgehead atoms. The van der Waals surface area contributed by atoms with Gasteiger partial charge in [-0.3, -0.25) is 4.98 Å². The molecule has 0 amide bonds. The number of aromatic nitrogens is 2. The molecule has 2 aromatic heterocycles. The van der Waals surface area contributed by atoms with Crippen LogP contribution >= 0.6 is 0 Å². The molecule has 15 heavy (non-hydrogen) atoms. The molecule has 0 aliphatic heterocycles. The first-order valence-electron chi connectivity index (χ1n) is 4.79. The van der Waals surface area contributed by atoms with Gasteiger partial charge in [0.15, 0.2) is 0 Å². The molecule has 0 spiro atoms. The minimum absolute atomic E-state index is 0.686. The fourth-order valence-electron chi connectivity index (χ4n) is 1.94. The molecule has 0 fully saturated rings. The maximum atomic E-state index is 11.9. The Morgan fingerprint density at radius 3 is 2.80 bits per heavy atom. The van der Waals surface area contributed by atoms with Crippen molar-refractivity contribution in [2.75, 3.05) is 0 Å². The van der Waals surface area contributed by atoms with Crippen LogP contribution in [0.25, 0.3) is 21.8 Å². The standard InChI is InChI=1S/C12H9N2O/c1-8-2-3-11-9(6-8)10-7-13-5-4-12(10)14(11)15/h2-7H,1H3. The Balaban J connectivity index is 2.64. The van der Waals surface area contributed by atoms with Gasteiger partial charge in [0.25, 0.3) is 0 Å². The summed E-state index contributed by atoms with van der Waals surface area (Å²) in [4.78, 5) is 4.05. The first kappa shape index (κ1) is 8.29. The lowest BCUT2D eigenvalue weighted by Crippen LogP contribution is -1.85. The molecule has 1 radical (unpaired) electrons. The smallest absolute Gasteiger partial charge is 0.0960 e. The van der Waals surface area contributed by atoms with E-state index in [1.165, 1.54) is 0 Å². The summed E-state index contributed by atoms with van der Waals surface area (Å²) in [6.45, 7) is 2.02. The zero-order chi connectivity index (χ0) is 10.4. The van der Waals surface area contributed by atoms with Crippen LogP contribution in [0.4, 0.5) is 0 Å². The maximum Gasteiger partial charge on any atom is 0.0960 e. The average Bonchev–Trinajstić information content (AvgIpc) is 2.54. The second kappa shape index (κ2) is 2.73. The lowest BCUT2D eigenvalue weighted by Gasteiger charge is -1.93. The van der Waals surface area contributed by atoms with Crippen LogP contribution in [0.3, 0.4) is 0 Å². The van der Waals surface area contributed by atoms with Gasteiger partial charge in [0.2, 0.25) is 0 Å². The van der Waals surface area contributed by atoms with Crippen molar-refractivity contribution in [3.8, 4) is 0 Å². The SMILES string of the molecule is Cc1ccc2c(c1)c1cnccc1n2[O]. The summed E-state index contributed by atoms with van der Waals surface area (Å²) >= 11 is 0. The van der Waals surface area contributed by atoms with Gasteiger partial charge in [-0.05, 0) is 25.1 Å². The molecule has 3 nitrogen and oxygen atoms in total. The third-order valence-electron chi connectivity index (χ3n) is 2.68. The molecule has 3 rings (SSSR count). The van der Waals surface area contributed by atoms with E-state index < -0.39 is 0 Å². The van der Waals surface area contributed by atoms with Crippen LogP contribution in [-0.4, -0.2) is 9.71 Å². The van der Waals surface area contributed by atoms with Crippen LogP contribution in [0.2, 0.25) is 0 Å². The Labute approximate surface area is 86.5 Å². The van der Waals surface area contributed by atoms with E-state index in [0.29, 0.717) is 11.0 Å². The highest BCUT2D eigenvalue weighted by molar-refractivity contribution is 6.07. The Bertz CT molecular complexity index is 655. The van der Waals surface area contributed by atoms with Crippen molar-refractivity contribution < 1.29 is 5.21 Å². The van der Waals surface area contributed by atoms with Crippen LogP contribution in [0.5, 0.6) is 0 Å². The van der Waals surface area contributed by atoms with E-state index in [4.69, 9.17) is 0 Å². The van der Waals surface area contributed by atoms with E-state index in [1.54, 1.807) is 18.5 Å². The van der Waals surface area contributed by atoms with Crippen LogP contribution in [0.1, 0.15) is 5.56 Å². The summed E-state index contributed by atoms with van der Waals surface area (Å²) in [5, 5.41) is 13.8. The number of benzene rings is 1. The summed E-state index contributed by atoms with van der Waals surface area (Å²) in [5.74, 6) is 0. The third kappa shape index (κ3) is 1.03. The molecule has 1 aromatic carbocycles. The van der Waals surface area contributed by atoms with Crippen molar-refractivity contribution in [3.63, 3.8) is 0 Å². The van der Waals surface area contributed by atoms with Gasteiger partial charge in [-0.2, -0.15) is 5.21 Å². The van der Waals surface area contributed by atoms with Gasteiger partial charge in [-0.15, -0.1) is 4.73 Å². The summed E-state index contributed by atoms with van der Waals surface area (Å²) in [5.41, 5.74) is 2.55. The Hall–Kier alpha value is -2.03.